The SMILES string of the molecule is Cc1csc(CN2CC3(CC(Oc4ncccc4F)CS3)C2)n1. The summed E-state index contributed by atoms with van der Waals surface area (Å²) < 4.78 is 19.7. The van der Waals surface area contributed by atoms with E-state index in [1.54, 1.807) is 23.6 Å². The van der Waals surface area contributed by atoms with Crippen LogP contribution in [0.15, 0.2) is 23.7 Å². The largest absolute Gasteiger partial charge is 0.471 e. The number of aryl methyl sites for hydroxylation is 1. The first-order valence-corrected chi connectivity index (χ1v) is 9.53. The van der Waals surface area contributed by atoms with Gasteiger partial charge in [0.05, 0.1) is 6.54 Å². The fourth-order valence-corrected chi connectivity index (χ4v) is 5.65. The number of thiazole rings is 1. The maximum Gasteiger partial charge on any atom is 0.250 e. The predicted molar refractivity (Wildman–Crippen MR) is 90.5 cm³/mol. The van der Waals surface area contributed by atoms with Gasteiger partial charge >= 0.3 is 0 Å². The van der Waals surface area contributed by atoms with E-state index in [1.165, 1.54) is 11.1 Å². The zero-order chi connectivity index (χ0) is 15.9. The number of pyridine rings is 1. The molecule has 2 fully saturated rings. The summed E-state index contributed by atoms with van der Waals surface area (Å²) in [5.74, 6) is 0.651. The summed E-state index contributed by atoms with van der Waals surface area (Å²) in [7, 11) is 0. The molecule has 2 aromatic heterocycles. The van der Waals surface area contributed by atoms with Gasteiger partial charge < -0.3 is 4.74 Å². The average molecular weight is 351 g/mol. The summed E-state index contributed by atoms with van der Waals surface area (Å²) in [5.41, 5.74) is 1.10. The van der Waals surface area contributed by atoms with E-state index in [2.05, 4.69) is 20.2 Å². The Labute approximate surface area is 143 Å². The molecule has 23 heavy (non-hydrogen) atoms. The molecule has 2 aliphatic rings. The highest BCUT2D eigenvalue weighted by Gasteiger charge is 2.49. The predicted octanol–water partition coefficient (Wildman–Crippen LogP) is 3.12. The lowest BCUT2D eigenvalue weighted by Gasteiger charge is -2.47. The van der Waals surface area contributed by atoms with E-state index >= 15 is 0 Å². The lowest BCUT2D eigenvalue weighted by Crippen LogP contribution is -2.58. The monoisotopic (exact) mass is 351 g/mol. The highest BCUT2D eigenvalue weighted by molar-refractivity contribution is 8.01. The van der Waals surface area contributed by atoms with Gasteiger partial charge in [0.1, 0.15) is 11.1 Å². The molecule has 0 bridgehead atoms. The van der Waals surface area contributed by atoms with Crippen molar-refractivity contribution in [1.29, 1.82) is 0 Å². The van der Waals surface area contributed by atoms with Crippen LogP contribution in [0.25, 0.3) is 0 Å². The third-order valence-corrected chi connectivity index (χ3v) is 6.75. The summed E-state index contributed by atoms with van der Waals surface area (Å²) in [6.45, 7) is 5.08. The van der Waals surface area contributed by atoms with Gasteiger partial charge in [-0.1, -0.05) is 0 Å². The normalized spacial score (nSPS) is 23.1. The topological polar surface area (TPSA) is 38.2 Å². The maximum absolute atomic E-state index is 13.6. The quantitative estimate of drug-likeness (QED) is 0.846. The van der Waals surface area contributed by atoms with Crippen LogP contribution in [0, 0.1) is 12.7 Å². The molecule has 4 nitrogen and oxygen atoms in total. The summed E-state index contributed by atoms with van der Waals surface area (Å²) in [5, 5.41) is 3.28. The first-order chi connectivity index (χ1) is 11.1. The highest BCUT2D eigenvalue weighted by atomic mass is 32.2. The van der Waals surface area contributed by atoms with Crippen molar-refractivity contribution in [3.8, 4) is 5.88 Å². The number of hydrogen-bond donors (Lipinski definition) is 0. The van der Waals surface area contributed by atoms with Gasteiger partial charge in [-0.3, -0.25) is 4.90 Å². The Kier molecular flexibility index (Phi) is 4.03. The van der Waals surface area contributed by atoms with Crippen LogP contribution in [-0.2, 0) is 6.54 Å². The number of likely N-dealkylation sites (tertiary alicyclic amines) is 1. The highest BCUT2D eigenvalue weighted by Crippen LogP contribution is 2.46. The van der Waals surface area contributed by atoms with Crippen molar-refractivity contribution in [2.45, 2.75) is 30.7 Å². The molecule has 7 heteroatoms. The first-order valence-electron chi connectivity index (χ1n) is 7.66. The number of hydrogen-bond acceptors (Lipinski definition) is 6. The molecule has 1 atom stereocenters. The van der Waals surface area contributed by atoms with E-state index in [4.69, 9.17) is 4.74 Å². The molecule has 122 valence electrons. The Balaban J connectivity index is 1.30. The van der Waals surface area contributed by atoms with Gasteiger partial charge in [0.15, 0.2) is 5.82 Å². The molecule has 1 spiro atoms. The second kappa shape index (κ2) is 6.03. The van der Waals surface area contributed by atoms with Crippen LogP contribution in [-0.4, -0.2) is 44.6 Å². The zero-order valence-corrected chi connectivity index (χ0v) is 14.5. The van der Waals surface area contributed by atoms with Crippen molar-refractivity contribution in [3.63, 3.8) is 0 Å². The Morgan fingerprint density at radius 1 is 1.48 bits per heavy atom. The minimum Gasteiger partial charge on any atom is -0.471 e. The molecule has 0 saturated carbocycles. The van der Waals surface area contributed by atoms with Gasteiger partial charge in [0, 0.05) is 47.3 Å². The molecule has 4 heterocycles. The van der Waals surface area contributed by atoms with Gasteiger partial charge in [0.25, 0.3) is 5.88 Å². The molecule has 0 aromatic carbocycles. The lowest BCUT2D eigenvalue weighted by molar-refractivity contribution is 0.0895. The number of halogens is 1. The van der Waals surface area contributed by atoms with Crippen LogP contribution in [0.3, 0.4) is 0 Å². The first kappa shape index (κ1) is 15.4. The summed E-state index contributed by atoms with van der Waals surface area (Å²) in [6.07, 6.45) is 2.58. The van der Waals surface area contributed by atoms with E-state index in [0.29, 0.717) is 0 Å². The van der Waals surface area contributed by atoms with E-state index in [9.17, 15) is 4.39 Å². The number of ether oxygens (including phenoxy) is 1. The van der Waals surface area contributed by atoms with Crippen molar-refractivity contribution >= 4 is 23.1 Å². The van der Waals surface area contributed by atoms with Crippen LogP contribution in [0.4, 0.5) is 4.39 Å². The second-order valence-corrected chi connectivity index (χ2v) is 8.69. The summed E-state index contributed by atoms with van der Waals surface area (Å²) in [4.78, 5) is 10.9. The minimum absolute atomic E-state index is 0.0497. The average Bonchev–Trinajstić information content (AvgIpc) is 3.08. The molecule has 4 rings (SSSR count). The smallest absolute Gasteiger partial charge is 0.250 e. The Morgan fingerprint density at radius 3 is 3.09 bits per heavy atom. The van der Waals surface area contributed by atoms with Crippen LogP contribution in [0.5, 0.6) is 5.88 Å². The van der Waals surface area contributed by atoms with Crippen molar-refractivity contribution < 1.29 is 9.13 Å². The van der Waals surface area contributed by atoms with Gasteiger partial charge in [-0.2, -0.15) is 0 Å². The molecular formula is C16H18FN3OS2. The van der Waals surface area contributed by atoms with E-state index in [1.807, 2.05) is 18.7 Å². The van der Waals surface area contributed by atoms with Gasteiger partial charge in [0.2, 0.25) is 0 Å². The maximum atomic E-state index is 13.6. The second-order valence-electron chi connectivity index (χ2n) is 6.26. The molecule has 2 saturated heterocycles. The standard InChI is InChI=1S/C16H18FN3OS2/c1-11-7-22-14(19-11)6-20-9-16(10-20)5-12(8-23-16)21-15-13(17)3-2-4-18-15/h2-4,7,12H,5-6,8-10H2,1H3. The van der Waals surface area contributed by atoms with Crippen LogP contribution in [0.2, 0.25) is 0 Å². The number of rotatable bonds is 4. The Hall–Kier alpha value is -1.18. The molecular weight excluding hydrogens is 333 g/mol. The summed E-state index contributed by atoms with van der Waals surface area (Å²) >= 11 is 3.68. The minimum atomic E-state index is -0.382. The molecule has 0 amide bonds. The zero-order valence-electron chi connectivity index (χ0n) is 12.9. The third-order valence-electron chi connectivity index (χ3n) is 4.23. The van der Waals surface area contributed by atoms with E-state index < -0.39 is 0 Å². The van der Waals surface area contributed by atoms with Crippen molar-refractivity contribution in [1.82, 2.24) is 14.9 Å². The molecule has 0 radical (unpaired) electrons. The molecule has 0 aliphatic carbocycles. The van der Waals surface area contributed by atoms with Gasteiger partial charge in [-0.15, -0.1) is 23.1 Å². The lowest BCUT2D eigenvalue weighted by atomic mass is 9.93. The van der Waals surface area contributed by atoms with Crippen LogP contribution in [0.1, 0.15) is 17.1 Å². The van der Waals surface area contributed by atoms with Crippen molar-refractivity contribution in [3.05, 3.63) is 40.2 Å². The fraction of sp³-hybridized carbons (Fsp3) is 0.500. The van der Waals surface area contributed by atoms with Crippen molar-refractivity contribution in [2.75, 3.05) is 18.8 Å². The molecule has 1 unspecified atom stereocenters. The van der Waals surface area contributed by atoms with Crippen molar-refractivity contribution in [2.24, 2.45) is 0 Å². The van der Waals surface area contributed by atoms with Gasteiger partial charge in [-0.05, 0) is 19.1 Å². The van der Waals surface area contributed by atoms with Crippen LogP contribution >= 0.6 is 23.1 Å². The third kappa shape index (κ3) is 3.22. The van der Waals surface area contributed by atoms with Crippen LogP contribution < -0.4 is 4.74 Å². The fourth-order valence-electron chi connectivity index (χ4n) is 3.26. The Morgan fingerprint density at radius 2 is 2.35 bits per heavy atom. The van der Waals surface area contributed by atoms with Gasteiger partial charge in [-0.25, -0.2) is 14.4 Å². The summed E-state index contributed by atoms with van der Waals surface area (Å²) in [6, 6.07) is 2.97. The molecule has 2 aliphatic heterocycles. The number of aromatic nitrogens is 2. The number of thioether (sulfide) groups is 1. The Bertz CT molecular complexity index is 702. The van der Waals surface area contributed by atoms with E-state index in [-0.39, 0.29) is 22.5 Å². The van der Waals surface area contributed by atoms with E-state index in [0.717, 1.165) is 37.5 Å². The number of nitrogens with zero attached hydrogens (tertiary/aromatic N) is 3. The molecule has 2 aromatic rings. The molecule has 0 N–H and O–H groups in total.